The number of carbonyl (C=O) groups is 1. The van der Waals surface area contributed by atoms with Gasteiger partial charge in [0.05, 0.1) is 5.02 Å². The van der Waals surface area contributed by atoms with Crippen LogP contribution in [0.25, 0.3) is 0 Å². The Morgan fingerprint density at radius 3 is 2.24 bits per heavy atom. The lowest BCUT2D eigenvalue weighted by molar-refractivity contribution is -0.129. The van der Waals surface area contributed by atoms with E-state index in [1.807, 2.05) is 0 Å². The SMILES string of the molecule is CC(=O)N1CCN(S(=O)(=O)c2ccc(Cl)c(C)c2Cl)CC1. The lowest BCUT2D eigenvalue weighted by Gasteiger charge is -2.33. The molecule has 1 heterocycles. The van der Waals surface area contributed by atoms with Gasteiger partial charge in [-0.1, -0.05) is 23.2 Å². The molecule has 0 saturated carbocycles. The van der Waals surface area contributed by atoms with Gasteiger partial charge in [-0.25, -0.2) is 8.42 Å². The highest BCUT2D eigenvalue weighted by Crippen LogP contribution is 2.32. The molecule has 1 aromatic carbocycles. The molecule has 0 bridgehead atoms. The van der Waals surface area contributed by atoms with E-state index in [4.69, 9.17) is 23.2 Å². The van der Waals surface area contributed by atoms with Crippen molar-refractivity contribution in [3.05, 3.63) is 27.7 Å². The van der Waals surface area contributed by atoms with Gasteiger partial charge in [0.2, 0.25) is 15.9 Å². The van der Waals surface area contributed by atoms with Crippen molar-refractivity contribution in [2.75, 3.05) is 26.2 Å². The third-order valence-corrected chi connectivity index (χ3v) is 6.54. The highest BCUT2D eigenvalue weighted by atomic mass is 35.5. The number of halogens is 2. The zero-order chi connectivity index (χ0) is 15.8. The second-order valence-corrected chi connectivity index (χ2v) is 7.59. The maximum Gasteiger partial charge on any atom is 0.244 e. The van der Waals surface area contributed by atoms with Gasteiger partial charge in [0.1, 0.15) is 4.90 Å². The summed E-state index contributed by atoms with van der Waals surface area (Å²) in [6, 6.07) is 2.95. The average Bonchev–Trinajstić information content (AvgIpc) is 2.44. The third kappa shape index (κ3) is 3.18. The lowest BCUT2D eigenvalue weighted by Crippen LogP contribution is -2.49. The fourth-order valence-corrected chi connectivity index (χ4v) is 4.42. The summed E-state index contributed by atoms with van der Waals surface area (Å²) in [6.07, 6.45) is 0. The Balaban J connectivity index is 2.28. The zero-order valence-electron chi connectivity index (χ0n) is 11.8. The van der Waals surface area contributed by atoms with Crippen LogP contribution in [0.3, 0.4) is 0 Å². The predicted molar refractivity (Wildman–Crippen MR) is 82.2 cm³/mol. The monoisotopic (exact) mass is 350 g/mol. The maximum absolute atomic E-state index is 12.6. The molecule has 1 aliphatic rings. The van der Waals surface area contributed by atoms with Crippen LogP contribution in [-0.4, -0.2) is 49.7 Å². The Labute approximate surface area is 134 Å². The first-order chi connectivity index (χ1) is 9.75. The minimum Gasteiger partial charge on any atom is -0.340 e. The summed E-state index contributed by atoms with van der Waals surface area (Å²) in [5.74, 6) is -0.0487. The minimum absolute atomic E-state index is 0.0487. The molecule has 1 amide bonds. The van der Waals surface area contributed by atoms with Crippen LogP contribution in [0.1, 0.15) is 12.5 Å². The van der Waals surface area contributed by atoms with Crippen LogP contribution in [-0.2, 0) is 14.8 Å². The number of amides is 1. The molecule has 116 valence electrons. The summed E-state index contributed by atoms with van der Waals surface area (Å²) in [5.41, 5.74) is 0.543. The van der Waals surface area contributed by atoms with Gasteiger partial charge in [0.15, 0.2) is 0 Å². The molecule has 0 atom stereocenters. The van der Waals surface area contributed by atoms with Gasteiger partial charge in [-0.05, 0) is 24.6 Å². The summed E-state index contributed by atoms with van der Waals surface area (Å²) in [4.78, 5) is 13.0. The van der Waals surface area contributed by atoms with Crippen molar-refractivity contribution in [1.29, 1.82) is 0 Å². The van der Waals surface area contributed by atoms with Crippen molar-refractivity contribution in [2.45, 2.75) is 18.7 Å². The van der Waals surface area contributed by atoms with E-state index in [1.54, 1.807) is 11.8 Å². The summed E-state index contributed by atoms with van der Waals surface area (Å²) in [6.45, 7) is 4.46. The highest BCUT2D eigenvalue weighted by Gasteiger charge is 2.31. The average molecular weight is 351 g/mol. The number of nitrogens with zero attached hydrogens (tertiary/aromatic N) is 2. The third-order valence-electron chi connectivity index (χ3n) is 3.59. The van der Waals surface area contributed by atoms with Crippen molar-refractivity contribution >= 4 is 39.1 Å². The summed E-state index contributed by atoms with van der Waals surface area (Å²) < 4.78 is 26.6. The Morgan fingerprint density at radius 2 is 1.71 bits per heavy atom. The number of hydrogen-bond donors (Lipinski definition) is 0. The van der Waals surface area contributed by atoms with Gasteiger partial charge >= 0.3 is 0 Å². The standard InChI is InChI=1S/C13H16Cl2N2O3S/c1-9-11(14)3-4-12(13(9)15)21(19,20)17-7-5-16(6-8-17)10(2)18/h3-4H,5-8H2,1-2H3. The molecule has 21 heavy (non-hydrogen) atoms. The number of piperazine rings is 1. The molecule has 0 radical (unpaired) electrons. The molecular formula is C13H16Cl2N2O3S. The van der Waals surface area contributed by atoms with Gasteiger partial charge < -0.3 is 4.90 Å². The molecule has 0 aromatic heterocycles. The molecule has 0 unspecified atom stereocenters. The number of benzene rings is 1. The topological polar surface area (TPSA) is 57.7 Å². The molecule has 1 aliphatic heterocycles. The van der Waals surface area contributed by atoms with E-state index < -0.39 is 10.0 Å². The van der Waals surface area contributed by atoms with E-state index in [0.717, 1.165) is 0 Å². The van der Waals surface area contributed by atoms with Gasteiger partial charge in [0, 0.05) is 38.1 Å². The van der Waals surface area contributed by atoms with E-state index in [0.29, 0.717) is 23.7 Å². The van der Waals surface area contributed by atoms with Crippen LogP contribution in [0.15, 0.2) is 17.0 Å². The molecule has 5 nitrogen and oxygen atoms in total. The Bertz CT molecular complexity index is 668. The quantitative estimate of drug-likeness (QED) is 0.821. The minimum atomic E-state index is -3.68. The first kappa shape index (κ1) is 16.5. The lowest BCUT2D eigenvalue weighted by atomic mass is 10.2. The van der Waals surface area contributed by atoms with Crippen LogP contribution < -0.4 is 0 Å². The Hall–Kier alpha value is -0.820. The van der Waals surface area contributed by atoms with E-state index in [9.17, 15) is 13.2 Å². The van der Waals surface area contributed by atoms with E-state index >= 15 is 0 Å². The molecule has 1 aromatic rings. The highest BCUT2D eigenvalue weighted by molar-refractivity contribution is 7.89. The van der Waals surface area contributed by atoms with Gasteiger partial charge in [0.25, 0.3) is 0 Å². The van der Waals surface area contributed by atoms with Crippen molar-refractivity contribution < 1.29 is 13.2 Å². The number of carbonyl (C=O) groups excluding carboxylic acids is 1. The number of sulfonamides is 1. The van der Waals surface area contributed by atoms with Crippen LogP contribution in [0, 0.1) is 6.92 Å². The van der Waals surface area contributed by atoms with Gasteiger partial charge in [-0.3, -0.25) is 4.79 Å². The fraction of sp³-hybridized carbons (Fsp3) is 0.462. The van der Waals surface area contributed by atoms with Gasteiger partial charge in [-0.15, -0.1) is 0 Å². The largest absolute Gasteiger partial charge is 0.340 e. The summed E-state index contributed by atoms with van der Waals surface area (Å²) in [5, 5.41) is 0.580. The second-order valence-electron chi connectivity index (χ2n) is 4.89. The summed E-state index contributed by atoms with van der Waals surface area (Å²) in [7, 11) is -3.68. The molecule has 0 aliphatic carbocycles. The second kappa shape index (κ2) is 6.12. The first-order valence-electron chi connectivity index (χ1n) is 6.45. The molecule has 1 saturated heterocycles. The maximum atomic E-state index is 12.6. The van der Waals surface area contributed by atoms with Crippen LogP contribution in [0.5, 0.6) is 0 Å². The zero-order valence-corrected chi connectivity index (χ0v) is 14.1. The number of hydrogen-bond acceptors (Lipinski definition) is 3. The van der Waals surface area contributed by atoms with E-state index in [-0.39, 0.29) is 28.9 Å². The van der Waals surface area contributed by atoms with Gasteiger partial charge in [-0.2, -0.15) is 4.31 Å². The number of rotatable bonds is 2. The first-order valence-corrected chi connectivity index (χ1v) is 8.65. The van der Waals surface area contributed by atoms with Crippen molar-refractivity contribution in [2.24, 2.45) is 0 Å². The Kier molecular flexibility index (Phi) is 4.82. The molecule has 0 spiro atoms. The van der Waals surface area contributed by atoms with Crippen molar-refractivity contribution in [3.63, 3.8) is 0 Å². The normalized spacial score (nSPS) is 17.0. The molecule has 2 rings (SSSR count). The predicted octanol–water partition coefficient (Wildman–Crippen LogP) is 2.15. The smallest absolute Gasteiger partial charge is 0.244 e. The van der Waals surface area contributed by atoms with Crippen LogP contribution >= 0.6 is 23.2 Å². The molecule has 1 fully saturated rings. The van der Waals surface area contributed by atoms with Crippen LogP contribution in [0.2, 0.25) is 10.0 Å². The Morgan fingerprint density at radius 1 is 1.14 bits per heavy atom. The fourth-order valence-electron chi connectivity index (χ4n) is 2.22. The molecular weight excluding hydrogens is 335 g/mol. The van der Waals surface area contributed by atoms with E-state index in [2.05, 4.69) is 0 Å². The van der Waals surface area contributed by atoms with Crippen LogP contribution in [0.4, 0.5) is 0 Å². The molecule has 8 heteroatoms. The summed E-state index contributed by atoms with van der Waals surface area (Å²) >= 11 is 12.1. The molecule has 0 N–H and O–H groups in total. The van der Waals surface area contributed by atoms with Crippen molar-refractivity contribution in [3.8, 4) is 0 Å². The van der Waals surface area contributed by atoms with Crippen molar-refractivity contribution in [1.82, 2.24) is 9.21 Å². The van der Waals surface area contributed by atoms with E-state index in [1.165, 1.54) is 23.4 Å².